The monoisotopic (exact) mass is 260 g/mol. The standard InChI is InChI=1S/C15H24N4/c1-11-4-3-7-19(12(11)2)15-10-16-8-14(18-15)9-17-13-5-6-13/h8,10-13,17H,3-7,9H2,1-2H3. The molecule has 1 saturated heterocycles. The molecule has 4 heteroatoms. The van der Waals surface area contributed by atoms with E-state index in [0.29, 0.717) is 6.04 Å². The van der Waals surface area contributed by atoms with Gasteiger partial charge in [-0.2, -0.15) is 0 Å². The van der Waals surface area contributed by atoms with E-state index in [1.54, 1.807) is 0 Å². The summed E-state index contributed by atoms with van der Waals surface area (Å²) in [6.07, 6.45) is 9.01. The lowest BCUT2D eigenvalue weighted by molar-refractivity contribution is 0.361. The molecule has 2 atom stereocenters. The van der Waals surface area contributed by atoms with E-state index in [2.05, 4.69) is 29.0 Å². The molecule has 0 amide bonds. The maximum atomic E-state index is 4.78. The van der Waals surface area contributed by atoms with Crippen molar-refractivity contribution < 1.29 is 0 Å². The van der Waals surface area contributed by atoms with E-state index in [1.807, 2.05) is 12.4 Å². The summed E-state index contributed by atoms with van der Waals surface area (Å²) in [5.74, 6) is 1.79. The van der Waals surface area contributed by atoms with Crippen LogP contribution in [-0.4, -0.2) is 28.6 Å². The van der Waals surface area contributed by atoms with Crippen LogP contribution in [-0.2, 0) is 6.54 Å². The van der Waals surface area contributed by atoms with Crippen molar-refractivity contribution in [3.8, 4) is 0 Å². The molecule has 2 aliphatic rings. The maximum Gasteiger partial charge on any atom is 0.147 e. The molecule has 0 spiro atoms. The van der Waals surface area contributed by atoms with Gasteiger partial charge < -0.3 is 10.2 Å². The SMILES string of the molecule is CC1CCCN(c2cncc(CNC3CC3)n2)C1C. The number of aromatic nitrogens is 2. The summed E-state index contributed by atoms with van der Waals surface area (Å²) in [5, 5.41) is 3.50. The summed E-state index contributed by atoms with van der Waals surface area (Å²) in [7, 11) is 0. The highest BCUT2D eigenvalue weighted by Crippen LogP contribution is 2.27. The lowest BCUT2D eigenvalue weighted by Gasteiger charge is -2.38. The van der Waals surface area contributed by atoms with Gasteiger partial charge in [-0.25, -0.2) is 4.98 Å². The van der Waals surface area contributed by atoms with Gasteiger partial charge in [0.2, 0.25) is 0 Å². The topological polar surface area (TPSA) is 41.1 Å². The maximum absolute atomic E-state index is 4.78. The van der Waals surface area contributed by atoms with Crippen LogP contribution in [0.1, 0.15) is 45.2 Å². The molecular formula is C15H24N4. The Morgan fingerprint density at radius 2 is 2.11 bits per heavy atom. The minimum Gasteiger partial charge on any atom is -0.352 e. The number of anilines is 1. The Balaban J connectivity index is 1.70. The van der Waals surface area contributed by atoms with E-state index < -0.39 is 0 Å². The van der Waals surface area contributed by atoms with Crippen molar-refractivity contribution in [3.63, 3.8) is 0 Å². The molecule has 0 aromatic carbocycles. The summed E-state index contributed by atoms with van der Waals surface area (Å²) >= 11 is 0. The second-order valence-corrected chi connectivity index (χ2v) is 6.08. The highest BCUT2D eigenvalue weighted by atomic mass is 15.2. The fraction of sp³-hybridized carbons (Fsp3) is 0.733. The van der Waals surface area contributed by atoms with Crippen molar-refractivity contribution in [2.75, 3.05) is 11.4 Å². The van der Waals surface area contributed by atoms with Crippen LogP contribution in [0.15, 0.2) is 12.4 Å². The number of hydrogen-bond donors (Lipinski definition) is 1. The Morgan fingerprint density at radius 1 is 1.26 bits per heavy atom. The van der Waals surface area contributed by atoms with Crippen LogP contribution in [0, 0.1) is 5.92 Å². The second-order valence-electron chi connectivity index (χ2n) is 6.08. The molecule has 1 aromatic heterocycles. The molecule has 1 saturated carbocycles. The van der Waals surface area contributed by atoms with Gasteiger partial charge in [0.15, 0.2) is 0 Å². The van der Waals surface area contributed by atoms with Crippen LogP contribution >= 0.6 is 0 Å². The predicted molar refractivity (Wildman–Crippen MR) is 77.1 cm³/mol. The van der Waals surface area contributed by atoms with Crippen LogP contribution in [0.5, 0.6) is 0 Å². The molecular weight excluding hydrogens is 236 g/mol. The van der Waals surface area contributed by atoms with Crippen LogP contribution < -0.4 is 10.2 Å². The highest BCUT2D eigenvalue weighted by Gasteiger charge is 2.26. The van der Waals surface area contributed by atoms with Gasteiger partial charge in [-0.1, -0.05) is 6.92 Å². The van der Waals surface area contributed by atoms with Gasteiger partial charge in [-0.3, -0.25) is 4.98 Å². The van der Waals surface area contributed by atoms with Gasteiger partial charge >= 0.3 is 0 Å². The molecule has 0 radical (unpaired) electrons. The van der Waals surface area contributed by atoms with E-state index >= 15 is 0 Å². The molecule has 19 heavy (non-hydrogen) atoms. The molecule has 1 aliphatic carbocycles. The van der Waals surface area contributed by atoms with Gasteiger partial charge in [0.1, 0.15) is 5.82 Å². The Morgan fingerprint density at radius 3 is 2.89 bits per heavy atom. The van der Waals surface area contributed by atoms with Gasteiger partial charge in [-0.05, 0) is 38.5 Å². The minimum absolute atomic E-state index is 0.565. The third-order valence-electron chi connectivity index (χ3n) is 4.49. The molecule has 1 N–H and O–H groups in total. The van der Waals surface area contributed by atoms with Crippen molar-refractivity contribution >= 4 is 5.82 Å². The molecule has 2 heterocycles. The van der Waals surface area contributed by atoms with Crippen molar-refractivity contribution in [2.24, 2.45) is 5.92 Å². The Labute approximate surface area is 115 Å². The summed E-state index contributed by atoms with van der Waals surface area (Å²) in [5.41, 5.74) is 1.06. The second kappa shape index (κ2) is 5.45. The van der Waals surface area contributed by atoms with E-state index in [9.17, 15) is 0 Å². The summed E-state index contributed by atoms with van der Waals surface area (Å²) in [6.45, 7) is 6.60. The smallest absolute Gasteiger partial charge is 0.147 e. The molecule has 2 fully saturated rings. The normalized spacial score (nSPS) is 27.6. The molecule has 2 unspecified atom stereocenters. The fourth-order valence-electron chi connectivity index (χ4n) is 2.81. The van der Waals surface area contributed by atoms with Crippen molar-refractivity contribution in [2.45, 2.75) is 58.2 Å². The largest absolute Gasteiger partial charge is 0.352 e. The van der Waals surface area contributed by atoms with E-state index in [1.165, 1.54) is 25.7 Å². The minimum atomic E-state index is 0.565. The number of rotatable bonds is 4. The van der Waals surface area contributed by atoms with Crippen molar-refractivity contribution in [1.29, 1.82) is 0 Å². The first-order chi connectivity index (χ1) is 9.24. The Kier molecular flexibility index (Phi) is 3.69. The zero-order valence-corrected chi connectivity index (χ0v) is 12.0. The Hall–Kier alpha value is -1.16. The van der Waals surface area contributed by atoms with Gasteiger partial charge in [0.25, 0.3) is 0 Å². The van der Waals surface area contributed by atoms with E-state index in [4.69, 9.17) is 4.98 Å². The zero-order chi connectivity index (χ0) is 13.2. The first-order valence-corrected chi connectivity index (χ1v) is 7.55. The summed E-state index contributed by atoms with van der Waals surface area (Å²) in [6, 6.07) is 1.29. The quantitative estimate of drug-likeness (QED) is 0.902. The van der Waals surface area contributed by atoms with E-state index in [0.717, 1.165) is 36.6 Å². The van der Waals surface area contributed by atoms with Crippen molar-refractivity contribution in [1.82, 2.24) is 15.3 Å². The lowest BCUT2D eigenvalue weighted by atomic mass is 9.92. The van der Waals surface area contributed by atoms with Crippen LogP contribution in [0.25, 0.3) is 0 Å². The third-order valence-corrected chi connectivity index (χ3v) is 4.49. The van der Waals surface area contributed by atoms with Crippen LogP contribution in [0.2, 0.25) is 0 Å². The lowest BCUT2D eigenvalue weighted by Crippen LogP contribution is -2.43. The molecule has 3 rings (SSSR count). The first kappa shape index (κ1) is 12.9. The highest BCUT2D eigenvalue weighted by molar-refractivity contribution is 5.38. The molecule has 104 valence electrons. The van der Waals surface area contributed by atoms with E-state index in [-0.39, 0.29) is 0 Å². The molecule has 1 aliphatic heterocycles. The summed E-state index contributed by atoms with van der Waals surface area (Å²) in [4.78, 5) is 11.6. The van der Waals surface area contributed by atoms with Crippen LogP contribution in [0.3, 0.4) is 0 Å². The number of piperidine rings is 1. The third kappa shape index (κ3) is 3.06. The molecule has 4 nitrogen and oxygen atoms in total. The van der Waals surface area contributed by atoms with Gasteiger partial charge in [0, 0.05) is 31.4 Å². The van der Waals surface area contributed by atoms with Gasteiger partial charge in [0.05, 0.1) is 11.9 Å². The summed E-state index contributed by atoms with van der Waals surface area (Å²) < 4.78 is 0. The van der Waals surface area contributed by atoms with Gasteiger partial charge in [-0.15, -0.1) is 0 Å². The predicted octanol–water partition coefficient (Wildman–Crippen LogP) is 2.35. The fourth-order valence-corrected chi connectivity index (χ4v) is 2.81. The molecule has 1 aromatic rings. The number of hydrogen-bond acceptors (Lipinski definition) is 4. The van der Waals surface area contributed by atoms with Crippen LogP contribution in [0.4, 0.5) is 5.82 Å². The van der Waals surface area contributed by atoms with Crippen molar-refractivity contribution in [3.05, 3.63) is 18.1 Å². The molecule has 0 bridgehead atoms. The Bertz CT molecular complexity index is 430. The first-order valence-electron chi connectivity index (χ1n) is 7.55. The zero-order valence-electron chi connectivity index (χ0n) is 12.0. The number of nitrogens with zero attached hydrogens (tertiary/aromatic N) is 3. The average molecular weight is 260 g/mol. The number of nitrogens with one attached hydrogen (secondary N) is 1. The average Bonchev–Trinajstić information content (AvgIpc) is 3.24.